The highest BCUT2D eigenvalue weighted by molar-refractivity contribution is 5.29. The molecule has 2 heterocycles. The van der Waals surface area contributed by atoms with Gasteiger partial charge < -0.3 is 5.32 Å². The van der Waals surface area contributed by atoms with Crippen molar-refractivity contribution in [2.75, 3.05) is 6.54 Å². The van der Waals surface area contributed by atoms with Gasteiger partial charge in [0.25, 0.3) is 0 Å². The van der Waals surface area contributed by atoms with Crippen LogP contribution in [-0.2, 0) is 0 Å². The Hall–Kier alpha value is -1.74. The van der Waals surface area contributed by atoms with Crippen LogP contribution >= 0.6 is 0 Å². The van der Waals surface area contributed by atoms with E-state index in [1.807, 2.05) is 43.7 Å². The third kappa shape index (κ3) is 2.88. The molecule has 1 unspecified atom stereocenters. The SMILES string of the molecule is CCNC(c1ccncc1)c1ccc(C)nc1. The normalized spacial score (nSPS) is 12.4. The molecule has 3 nitrogen and oxygen atoms in total. The number of nitrogens with one attached hydrogen (secondary N) is 1. The van der Waals surface area contributed by atoms with Crippen molar-refractivity contribution in [1.29, 1.82) is 0 Å². The molecule has 88 valence electrons. The lowest BCUT2D eigenvalue weighted by Gasteiger charge is -2.18. The number of aryl methyl sites for hydroxylation is 1. The lowest BCUT2D eigenvalue weighted by Crippen LogP contribution is -2.22. The van der Waals surface area contributed by atoms with Gasteiger partial charge in [0.15, 0.2) is 0 Å². The summed E-state index contributed by atoms with van der Waals surface area (Å²) in [7, 11) is 0. The van der Waals surface area contributed by atoms with Crippen molar-refractivity contribution in [3.05, 3.63) is 59.7 Å². The summed E-state index contributed by atoms with van der Waals surface area (Å²) >= 11 is 0. The summed E-state index contributed by atoms with van der Waals surface area (Å²) in [6.07, 6.45) is 5.58. The molecule has 2 aromatic heterocycles. The molecule has 0 radical (unpaired) electrons. The van der Waals surface area contributed by atoms with E-state index in [-0.39, 0.29) is 6.04 Å². The molecule has 0 aromatic carbocycles. The van der Waals surface area contributed by atoms with Crippen molar-refractivity contribution < 1.29 is 0 Å². The third-order valence-corrected chi connectivity index (χ3v) is 2.72. The molecule has 0 bridgehead atoms. The van der Waals surface area contributed by atoms with E-state index in [9.17, 15) is 0 Å². The molecule has 0 aliphatic rings. The predicted octanol–water partition coefficient (Wildman–Crippen LogP) is 2.48. The fraction of sp³-hybridized carbons (Fsp3) is 0.286. The largest absolute Gasteiger partial charge is 0.306 e. The maximum Gasteiger partial charge on any atom is 0.0592 e. The van der Waals surface area contributed by atoms with Gasteiger partial charge in [0.2, 0.25) is 0 Å². The van der Waals surface area contributed by atoms with Crippen LogP contribution in [0.4, 0.5) is 0 Å². The van der Waals surface area contributed by atoms with Crippen molar-refractivity contribution in [2.45, 2.75) is 19.9 Å². The Balaban J connectivity index is 2.32. The zero-order valence-electron chi connectivity index (χ0n) is 10.2. The molecular weight excluding hydrogens is 210 g/mol. The van der Waals surface area contributed by atoms with Crippen LogP contribution in [0.2, 0.25) is 0 Å². The second-order valence-corrected chi connectivity index (χ2v) is 4.00. The van der Waals surface area contributed by atoms with Gasteiger partial charge in [-0.2, -0.15) is 0 Å². The number of aromatic nitrogens is 2. The molecule has 0 fully saturated rings. The van der Waals surface area contributed by atoms with Crippen LogP contribution < -0.4 is 5.32 Å². The van der Waals surface area contributed by atoms with E-state index in [0.717, 1.165) is 12.2 Å². The average Bonchev–Trinajstić information content (AvgIpc) is 2.38. The number of hydrogen-bond acceptors (Lipinski definition) is 3. The van der Waals surface area contributed by atoms with Crippen LogP contribution in [0.1, 0.15) is 29.8 Å². The van der Waals surface area contributed by atoms with Crippen LogP contribution in [0.25, 0.3) is 0 Å². The summed E-state index contributed by atoms with van der Waals surface area (Å²) in [4.78, 5) is 8.40. The fourth-order valence-corrected chi connectivity index (χ4v) is 1.84. The first kappa shape index (κ1) is 11.7. The molecule has 0 saturated carbocycles. The molecule has 0 aliphatic carbocycles. The maximum atomic E-state index is 4.35. The van der Waals surface area contributed by atoms with Crippen molar-refractivity contribution in [2.24, 2.45) is 0 Å². The lowest BCUT2D eigenvalue weighted by atomic mass is 10.0. The van der Waals surface area contributed by atoms with E-state index in [1.165, 1.54) is 11.1 Å². The first-order chi connectivity index (χ1) is 8.31. The van der Waals surface area contributed by atoms with Crippen LogP contribution in [-0.4, -0.2) is 16.5 Å². The predicted molar refractivity (Wildman–Crippen MR) is 68.7 cm³/mol. The van der Waals surface area contributed by atoms with Crippen LogP contribution in [0.15, 0.2) is 42.9 Å². The van der Waals surface area contributed by atoms with Crippen molar-refractivity contribution >= 4 is 0 Å². The Labute approximate surface area is 102 Å². The van der Waals surface area contributed by atoms with Crippen LogP contribution in [0.3, 0.4) is 0 Å². The minimum atomic E-state index is 0.191. The van der Waals surface area contributed by atoms with E-state index >= 15 is 0 Å². The first-order valence-corrected chi connectivity index (χ1v) is 5.87. The van der Waals surface area contributed by atoms with Gasteiger partial charge in [-0.05, 0) is 42.8 Å². The molecular formula is C14H17N3. The molecule has 1 N–H and O–H groups in total. The summed E-state index contributed by atoms with van der Waals surface area (Å²) in [5.74, 6) is 0. The number of rotatable bonds is 4. The van der Waals surface area contributed by atoms with Gasteiger partial charge >= 0.3 is 0 Å². The first-order valence-electron chi connectivity index (χ1n) is 5.87. The maximum absolute atomic E-state index is 4.35. The second kappa shape index (κ2) is 5.55. The summed E-state index contributed by atoms with van der Waals surface area (Å²) < 4.78 is 0. The zero-order chi connectivity index (χ0) is 12.1. The van der Waals surface area contributed by atoms with Gasteiger partial charge in [-0.1, -0.05) is 13.0 Å². The molecule has 3 heteroatoms. The Morgan fingerprint density at radius 2 is 1.88 bits per heavy atom. The molecule has 0 aliphatic heterocycles. The Morgan fingerprint density at radius 3 is 2.47 bits per heavy atom. The molecule has 0 saturated heterocycles. The Morgan fingerprint density at radius 1 is 1.12 bits per heavy atom. The smallest absolute Gasteiger partial charge is 0.0592 e. The molecule has 0 amide bonds. The van der Waals surface area contributed by atoms with E-state index in [1.54, 1.807) is 0 Å². The molecule has 0 spiro atoms. The van der Waals surface area contributed by atoms with Gasteiger partial charge in [0, 0.05) is 24.3 Å². The Kier molecular flexibility index (Phi) is 3.83. The summed E-state index contributed by atoms with van der Waals surface area (Å²) in [5, 5.41) is 3.47. The zero-order valence-corrected chi connectivity index (χ0v) is 10.2. The summed E-state index contributed by atoms with van der Waals surface area (Å²) in [5.41, 5.74) is 3.44. The van der Waals surface area contributed by atoms with Gasteiger partial charge in [-0.15, -0.1) is 0 Å². The van der Waals surface area contributed by atoms with Gasteiger partial charge in [0.05, 0.1) is 6.04 Å². The van der Waals surface area contributed by atoms with Crippen molar-refractivity contribution in [1.82, 2.24) is 15.3 Å². The molecule has 2 rings (SSSR count). The van der Waals surface area contributed by atoms with E-state index in [2.05, 4.69) is 28.3 Å². The van der Waals surface area contributed by atoms with E-state index < -0.39 is 0 Å². The van der Waals surface area contributed by atoms with E-state index in [4.69, 9.17) is 0 Å². The Bertz CT molecular complexity index is 451. The van der Waals surface area contributed by atoms with E-state index in [0.29, 0.717) is 0 Å². The van der Waals surface area contributed by atoms with Gasteiger partial charge in [0.1, 0.15) is 0 Å². The number of nitrogens with zero attached hydrogens (tertiary/aromatic N) is 2. The minimum absolute atomic E-state index is 0.191. The highest BCUT2D eigenvalue weighted by atomic mass is 14.9. The topological polar surface area (TPSA) is 37.8 Å². The second-order valence-electron chi connectivity index (χ2n) is 4.00. The molecule has 2 aromatic rings. The highest BCUT2D eigenvalue weighted by Gasteiger charge is 2.12. The minimum Gasteiger partial charge on any atom is -0.306 e. The number of pyridine rings is 2. The van der Waals surface area contributed by atoms with Crippen LogP contribution in [0.5, 0.6) is 0 Å². The molecule has 17 heavy (non-hydrogen) atoms. The van der Waals surface area contributed by atoms with Gasteiger partial charge in [-0.3, -0.25) is 9.97 Å². The standard InChI is InChI=1S/C14H17N3/c1-3-16-14(12-6-8-15-9-7-12)13-5-4-11(2)17-10-13/h4-10,14,16H,3H2,1-2H3. The third-order valence-electron chi connectivity index (χ3n) is 2.72. The fourth-order valence-electron chi connectivity index (χ4n) is 1.84. The van der Waals surface area contributed by atoms with Crippen molar-refractivity contribution in [3.63, 3.8) is 0 Å². The average molecular weight is 227 g/mol. The summed E-state index contributed by atoms with van der Waals surface area (Å²) in [6, 6.07) is 8.42. The summed E-state index contributed by atoms with van der Waals surface area (Å²) in [6.45, 7) is 5.02. The quantitative estimate of drug-likeness (QED) is 0.872. The lowest BCUT2D eigenvalue weighted by molar-refractivity contribution is 0.627. The molecule has 1 atom stereocenters. The number of hydrogen-bond donors (Lipinski definition) is 1. The van der Waals surface area contributed by atoms with Crippen molar-refractivity contribution in [3.8, 4) is 0 Å². The van der Waals surface area contributed by atoms with Gasteiger partial charge in [-0.25, -0.2) is 0 Å². The monoisotopic (exact) mass is 227 g/mol. The highest BCUT2D eigenvalue weighted by Crippen LogP contribution is 2.20. The van der Waals surface area contributed by atoms with Crippen LogP contribution in [0, 0.1) is 6.92 Å².